The van der Waals surface area contributed by atoms with Gasteiger partial charge in [-0.25, -0.2) is 4.68 Å². The van der Waals surface area contributed by atoms with Crippen molar-refractivity contribution in [3.05, 3.63) is 30.6 Å². The SMILES string of the molecule is CN(C)C(=O)CC1COCCN1C(=O)COc1cccc(-n2cnnn2)c1. The van der Waals surface area contributed by atoms with Gasteiger partial charge < -0.3 is 19.3 Å². The smallest absolute Gasteiger partial charge is 0.260 e. The first-order chi connectivity index (χ1) is 13.0. The van der Waals surface area contributed by atoms with Crippen LogP contribution in [0.3, 0.4) is 0 Å². The van der Waals surface area contributed by atoms with Crippen molar-refractivity contribution < 1.29 is 19.1 Å². The Balaban J connectivity index is 1.60. The number of amides is 2. The fraction of sp³-hybridized carbons (Fsp3) is 0.471. The van der Waals surface area contributed by atoms with Gasteiger partial charge in [0.1, 0.15) is 12.1 Å². The molecule has 1 fully saturated rings. The second kappa shape index (κ2) is 8.58. The maximum absolute atomic E-state index is 12.6. The third-order valence-electron chi connectivity index (χ3n) is 4.25. The van der Waals surface area contributed by atoms with E-state index in [2.05, 4.69) is 15.5 Å². The van der Waals surface area contributed by atoms with E-state index in [1.807, 2.05) is 6.07 Å². The maximum atomic E-state index is 12.6. The number of carbonyl (C=O) groups is 2. The maximum Gasteiger partial charge on any atom is 0.260 e. The highest BCUT2D eigenvalue weighted by atomic mass is 16.5. The van der Waals surface area contributed by atoms with E-state index in [9.17, 15) is 9.59 Å². The third kappa shape index (κ3) is 4.79. The van der Waals surface area contributed by atoms with Gasteiger partial charge in [-0.2, -0.15) is 0 Å². The monoisotopic (exact) mass is 374 g/mol. The van der Waals surface area contributed by atoms with Crippen LogP contribution < -0.4 is 4.74 Å². The Kier molecular flexibility index (Phi) is 5.97. The first-order valence-electron chi connectivity index (χ1n) is 8.58. The van der Waals surface area contributed by atoms with Gasteiger partial charge in [0.2, 0.25) is 5.91 Å². The Bertz CT molecular complexity index is 779. The number of tetrazole rings is 1. The molecule has 0 radical (unpaired) electrons. The summed E-state index contributed by atoms with van der Waals surface area (Å²) < 4.78 is 12.6. The van der Waals surface area contributed by atoms with Crippen LogP contribution in [0.4, 0.5) is 0 Å². The second-order valence-corrected chi connectivity index (χ2v) is 6.35. The largest absolute Gasteiger partial charge is 0.484 e. The molecule has 10 nitrogen and oxygen atoms in total. The van der Waals surface area contributed by atoms with E-state index in [1.165, 1.54) is 15.9 Å². The molecule has 1 aromatic carbocycles. The van der Waals surface area contributed by atoms with Crippen molar-refractivity contribution in [1.82, 2.24) is 30.0 Å². The predicted molar refractivity (Wildman–Crippen MR) is 94.3 cm³/mol. The molecular weight excluding hydrogens is 352 g/mol. The van der Waals surface area contributed by atoms with Crippen molar-refractivity contribution >= 4 is 11.8 Å². The number of aromatic nitrogens is 4. The van der Waals surface area contributed by atoms with Crippen LogP contribution in [0.5, 0.6) is 5.75 Å². The standard InChI is InChI=1S/C17H22N6O4/c1-21(2)16(24)9-14-10-26-7-6-22(14)17(25)11-27-15-5-3-4-13(8-15)23-12-18-19-20-23/h3-5,8,12,14H,6-7,9-11H2,1-2H3. The molecule has 1 aromatic heterocycles. The topological polar surface area (TPSA) is 103 Å². The van der Waals surface area contributed by atoms with Gasteiger partial charge in [0.05, 0.1) is 24.9 Å². The molecule has 10 heteroatoms. The minimum Gasteiger partial charge on any atom is -0.484 e. The quantitative estimate of drug-likeness (QED) is 0.687. The number of hydrogen-bond donors (Lipinski definition) is 0. The van der Waals surface area contributed by atoms with Gasteiger partial charge in [0, 0.05) is 33.1 Å². The number of nitrogens with zero attached hydrogens (tertiary/aromatic N) is 6. The summed E-state index contributed by atoms with van der Waals surface area (Å²) in [7, 11) is 3.39. The molecule has 1 saturated heterocycles. The Morgan fingerprint density at radius 2 is 2.22 bits per heavy atom. The van der Waals surface area contributed by atoms with E-state index < -0.39 is 0 Å². The third-order valence-corrected chi connectivity index (χ3v) is 4.25. The van der Waals surface area contributed by atoms with Gasteiger partial charge in [-0.05, 0) is 22.6 Å². The normalized spacial score (nSPS) is 16.8. The van der Waals surface area contributed by atoms with Gasteiger partial charge >= 0.3 is 0 Å². The fourth-order valence-electron chi connectivity index (χ4n) is 2.76. The van der Waals surface area contributed by atoms with E-state index in [1.54, 1.807) is 37.2 Å². The summed E-state index contributed by atoms with van der Waals surface area (Å²) in [6.07, 6.45) is 1.71. The summed E-state index contributed by atoms with van der Waals surface area (Å²) in [6, 6.07) is 6.85. The van der Waals surface area contributed by atoms with Crippen molar-refractivity contribution in [3.8, 4) is 11.4 Å². The van der Waals surface area contributed by atoms with E-state index in [0.717, 1.165) is 5.69 Å². The minimum atomic E-state index is -0.280. The van der Waals surface area contributed by atoms with Crippen molar-refractivity contribution in [3.63, 3.8) is 0 Å². The van der Waals surface area contributed by atoms with E-state index in [0.29, 0.717) is 25.5 Å². The summed E-state index contributed by atoms with van der Waals surface area (Å²) in [5, 5.41) is 11.0. The first kappa shape index (κ1) is 18.8. The van der Waals surface area contributed by atoms with Crippen molar-refractivity contribution in [1.29, 1.82) is 0 Å². The average Bonchev–Trinajstić information content (AvgIpc) is 3.21. The molecule has 0 aliphatic carbocycles. The summed E-state index contributed by atoms with van der Waals surface area (Å²) in [5.41, 5.74) is 0.728. The molecule has 2 aromatic rings. The van der Waals surface area contributed by atoms with Crippen molar-refractivity contribution in [2.24, 2.45) is 0 Å². The fourth-order valence-corrected chi connectivity index (χ4v) is 2.76. The van der Waals surface area contributed by atoms with Gasteiger partial charge in [0.15, 0.2) is 6.61 Å². The van der Waals surface area contributed by atoms with Gasteiger partial charge in [-0.3, -0.25) is 9.59 Å². The second-order valence-electron chi connectivity index (χ2n) is 6.35. The average molecular weight is 374 g/mol. The van der Waals surface area contributed by atoms with E-state index >= 15 is 0 Å². The minimum absolute atomic E-state index is 0.0432. The van der Waals surface area contributed by atoms with Crippen LogP contribution >= 0.6 is 0 Å². The Hall–Kier alpha value is -3.01. The zero-order valence-electron chi connectivity index (χ0n) is 15.3. The zero-order valence-corrected chi connectivity index (χ0v) is 15.3. The highest BCUT2D eigenvalue weighted by Crippen LogP contribution is 2.17. The molecule has 0 spiro atoms. The predicted octanol–water partition coefficient (Wildman–Crippen LogP) is -0.253. The van der Waals surface area contributed by atoms with Crippen LogP contribution in [0.15, 0.2) is 30.6 Å². The number of rotatable bonds is 6. The molecule has 27 heavy (non-hydrogen) atoms. The zero-order chi connectivity index (χ0) is 19.2. The van der Waals surface area contributed by atoms with Gasteiger partial charge in [-0.15, -0.1) is 5.10 Å². The summed E-state index contributed by atoms with van der Waals surface area (Å²) in [4.78, 5) is 27.8. The molecule has 2 amide bonds. The van der Waals surface area contributed by atoms with Gasteiger partial charge in [0.25, 0.3) is 5.91 Å². The summed E-state index contributed by atoms with van der Waals surface area (Å²) >= 11 is 0. The molecule has 0 N–H and O–H groups in total. The summed E-state index contributed by atoms with van der Waals surface area (Å²) in [5.74, 6) is 0.312. The van der Waals surface area contributed by atoms with Crippen LogP contribution in [0, 0.1) is 0 Å². The lowest BCUT2D eigenvalue weighted by atomic mass is 10.1. The Morgan fingerprint density at radius 1 is 1.37 bits per heavy atom. The highest BCUT2D eigenvalue weighted by Gasteiger charge is 2.29. The van der Waals surface area contributed by atoms with Crippen molar-refractivity contribution in [2.45, 2.75) is 12.5 Å². The first-order valence-corrected chi connectivity index (χ1v) is 8.58. The van der Waals surface area contributed by atoms with Crippen molar-refractivity contribution in [2.75, 3.05) is 40.5 Å². The number of carbonyl (C=O) groups excluding carboxylic acids is 2. The molecule has 144 valence electrons. The lowest BCUT2D eigenvalue weighted by Crippen LogP contribution is -2.51. The van der Waals surface area contributed by atoms with Crippen LogP contribution in [-0.4, -0.2) is 88.3 Å². The molecule has 1 aliphatic rings. The molecule has 2 heterocycles. The summed E-state index contributed by atoms with van der Waals surface area (Å²) in [6.45, 7) is 1.12. The number of ether oxygens (including phenoxy) is 2. The van der Waals surface area contributed by atoms with E-state index in [4.69, 9.17) is 9.47 Å². The van der Waals surface area contributed by atoms with Gasteiger partial charge in [-0.1, -0.05) is 6.07 Å². The number of hydrogen-bond acceptors (Lipinski definition) is 7. The molecular formula is C17H22N6O4. The Morgan fingerprint density at radius 3 is 2.96 bits per heavy atom. The lowest BCUT2D eigenvalue weighted by molar-refractivity contribution is -0.144. The Labute approximate surface area is 156 Å². The highest BCUT2D eigenvalue weighted by molar-refractivity contribution is 5.80. The number of benzene rings is 1. The molecule has 0 bridgehead atoms. The van der Waals surface area contributed by atoms with E-state index in [-0.39, 0.29) is 30.9 Å². The van der Waals surface area contributed by atoms with Crippen LogP contribution in [0.25, 0.3) is 5.69 Å². The molecule has 1 aliphatic heterocycles. The van der Waals surface area contributed by atoms with Crippen LogP contribution in [-0.2, 0) is 14.3 Å². The molecule has 3 rings (SSSR count). The molecule has 1 atom stereocenters. The van der Waals surface area contributed by atoms with Crippen LogP contribution in [0.1, 0.15) is 6.42 Å². The lowest BCUT2D eigenvalue weighted by Gasteiger charge is -2.35. The number of morpholine rings is 1. The van der Waals surface area contributed by atoms with Crippen LogP contribution in [0.2, 0.25) is 0 Å². The molecule has 1 unspecified atom stereocenters. The molecule has 0 saturated carbocycles.